The summed E-state index contributed by atoms with van der Waals surface area (Å²) in [7, 11) is 0. The summed E-state index contributed by atoms with van der Waals surface area (Å²) in [5.74, 6) is -0.230. The molecule has 2 aromatic carbocycles. The Morgan fingerprint density at radius 3 is 2.39 bits per heavy atom. The number of amides is 1. The largest absolute Gasteiger partial charge is 0.416 e. The predicted octanol–water partition coefficient (Wildman–Crippen LogP) is 7.18. The van der Waals surface area contributed by atoms with Crippen LogP contribution in [-0.2, 0) is 19.3 Å². The molecule has 33 heavy (non-hydrogen) atoms. The maximum atomic E-state index is 13.5. The van der Waals surface area contributed by atoms with Crippen LogP contribution in [0.4, 0.5) is 13.2 Å². The highest BCUT2D eigenvalue weighted by Gasteiger charge is 2.31. The first-order chi connectivity index (χ1) is 15.8. The number of carbonyl (C=O) groups excluding carboxylic acids is 1. The topological polar surface area (TPSA) is 25.2 Å². The van der Waals surface area contributed by atoms with Gasteiger partial charge in [0.1, 0.15) is 0 Å². The number of halogens is 4. The van der Waals surface area contributed by atoms with Crippen LogP contribution >= 0.6 is 11.6 Å². The van der Waals surface area contributed by atoms with Crippen LogP contribution in [0.25, 0.3) is 0 Å². The number of benzene rings is 2. The van der Waals surface area contributed by atoms with Gasteiger partial charge in [0, 0.05) is 35.1 Å². The lowest BCUT2D eigenvalue weighted by Crippen LogP contribution is -2.41. The SMILES string of the molecule is O=C(c1ccc(C(F)(F)F)cc1)N(Cc1cccn1Cc1cccc(Cl)c1)C1CCCCC1. The number of hydrogen-bond acceptors (Lipinski definition) is 1. The maximum Gasteiger partial charge on any atom is 0.416 e. The molecule has 0 saturated heterocycles. The molecular formula is C26H26ClF3N2O. The van der Waals surface area contributed by atoms with Crippen molar-refractivity contribution in [1.29, 1.82) is 0 Å². The highest BCUT2D eigenvalue weighted by atomic mass is 35.5. The Labute approximate surface area is 196 Å². The summed E-state index contributed by atoms with van der Waals surface area (Å²) in [6.07, 6.45) is 2.59. The summed E-state index contributed by atoms with van der Waals surface area (Å²) in [5.41, 5.74) is 1.55. The molecule has 174 valence electrons. The van der Waals surface area contributed by atoms with Crippen LogP contribution in [-0.4, -0.2) is 21.4 Å². The van der Waals surface area contributed by atoms with Gasteiger partial charge in [0.25, 0.3) is 5.91 Å². The van der Waals surface area contributed by atoms with E-state index in [0.717, 1.165) is 55.5 Å². The van der Waals surface area contributed by atoms with E-state index in [1.165, 1.54) is 12.1 Å². The number of nitrogens with zero attached hydrogens (tertiary/aromatic N) is 2. The minimum Gasteiger partial charge on any atom is -0.345 e. The first-order valence-corrected chi connectivity index (χ1v) is 11.6. The van der Waals surface area contributed by atoms with Crippen LogP contribution in [0.1, 0.15) is 59.3 Å². The fourth-order valence-corrected chi connectivity index (χ4v) is 4.69. The molecular weight excluding hydrogens is 449 g/mol. The third kappa shape index (κ3) is 5.80. The van der Waals surface area contributed by atoms with Crippen molar-refractivity contribution in [3.8, 4) is 0 Å². The summed E-state index contributed by atoms with van der Waals surface area (Å²) in [6.45, 7) is 1.02. The van der Waals surface area contributed by atoms with E-state index in [2.05, 4.69) is 4.57 Å². The maximum absolute atomic E-state index is 13.5. The van der Waals surface area contributed by atoms with Crippen molar-refractivity contribution < 1.29 is 18.0 Å². The van der Waals surface area contributed by atoms with Crippen LogP contribution in [0.5, 0.6) is 0 Å². The average molecular weight is 475 g/mol. The Morgan fingerprint density at radius 1 is 1.00 bits per heavy atom. The van der Waals surface area contributed by atoms with Crippen LogP contribution in [0, 0.1) is 0 Å². The molecule has 0 bridgehead atoms. The van der Waals surface area contributed by atoms with Crippen molar-refractivity contribution in [2.24, 2.45) is 0 Å². The summed E-state index contributed by atoms with van der Waals surface area (Å²) in [4.78, 5) is 15.3. The van der Waals surface area contributed by atoms with Gasteiger partial charge in [0.2, 0.25) is 0 Å². The normalized spacial score (nSPS) is 14.9. The molecule has 0 spiro atoms. The second-order valence-corrected chi connectivity index (χ2v) is 8.99. The van der Waals surface area contributed by atoms with Crippen LogP contribution in [0.15, 0.2) is 66.9 Å². The van der Waals surface area contributed by atoms with E-state index in [1.54, 1.807) is 0 Å². The smallest absolute Gasteiger partial charge is 0.345 e. The van der Waals surface area contributed by atoms with E-state index < -0.39 is 11.7 Å². The molecule has 1 fully saturated rings. The van der Waals surface area contributed by atoms with Crippen LogP contribution in [0.3, 0.4) is 0 Å². The Balaban J connectivity index is 1.58. The Hall–Kier alpha value is -2.73. The average Bonchev–Trinajstić information content (AvgIpc) is 3.23. The van der Waals surface area contributed by atoms with Gasteiger partial charge in [-0.1, -0.05) is 43.0 Å². The Bertz CT molecular complexity index is 1090. The summed E-state index contributed by atoms with van der Waals surface area (Å²) in [5, 5.41) is 0.669. The molecule has 0 atom stereocenters. The summed E-state index contributed by atoms with van der Waals surface area (Å²) < 4.78 is 41.0. The van der Waals surface area contributed by atoms with Crippen molar-refractivity contribution in [2.45, 2.75) is 57.4 Å². The molecule has 4 rings (SSSR count). The lowest BCUT2D eigenvalue weighted by molar-refractivity contribution is -0.137. The van der Waals surface area contributed by atoms with Gasteiger partial charge in [-0.3, -0.25) is 4.79 Å². The third-order valence-electron chi connectivity index (χ3n) is 6.23. The molecule has 7 heteroatoms. The van der Waals surface area contributed by atoms with E-state index in [-0.39, 0.29) is 17.5 Å². The van der Waals surface area contributed by atoms with Gasteiger partial charge in [0.15, 0.2) is 0 Å². The van der Waals surface area contributed by atoms with Gasteiger partial charge in [-0.2, -0.15) is 13.2 Å². The molecule has 0 unspecified atom stereocenters. The van der Waals surface area contributed by atoms with Gasteiger partial charge >= 0.3 is 6.18 Å². The van der Waals surface area contributed by atoms with Crippen LogP contribution < -0.4 is 0 Å². The lowest BCUT2D eigenvalue weighted by Gasteiger charge is -2.35. The molecule has 3 nitrogen and oxygen atoms in total. The van der Waals surface area contributed by atoms with E-state index in [0.29, 0.717) is 18.1 Å². The highest BCUT2D eigenvalue weighted by molar-refractivity contribution is 6.30. The molecule has 1 saturated carbocycles. The first kappa shape index (κ1) is 23.4. The van der Waals surface area contributed by atoms with Crippen LogP contribution in [0.2, 0.25) is 5.02 Å². The monoisotopic (exact) mass is 474 g/mol. The minimum absolute atomic E-state index is 0.0723. The molecule has 0 aliphatic heterocycles. The molecule has 1 amide bonds. The van der Waals surface area contributed by atoms with Gasteiger partial charge in [-0.15, -0.1) is 0 Å². The Kier molecular flexibility index (Phi) is 7.13. The van der Waals surface area contributed by atoms with Gasteiger partial charge in [-0.25, -0.2) is 0 Å². The van der Waals surface area contributed by atoms with Crippen molar-refractivity contribution >= 4 is 17.5 Å². The zero-order valence-electron chi connectivity index (χ0n) is 18.2. The molecule has 3 aromatic rings. The van der Waals surface area contributed by atoms with E-state index in [9.17, 15) is 18.0 Å². The molecule has 1 heterocycles. The number of rotatable bonds is 6. The zero-order chi connectivity index (χ0) is 23.4. The van der Waals surface area contributed by atoms with Gasteiger partial charge < -0.3 is 9.47 Å². The van der Waals surface area contributed by atoms with Gasteiger partial charge in [0.05, 0.1) is 12.1 Å². The fourth-order valence-electron chi connectivity index (χ4n) is 4.48. The summed E-state index contributed by atoms with van der Waals surface area (Å²) in [6, 6.07) is 16.2. The third-order valence-corrected chi connectivity index (χ3v) is 6.47. The van der Waals surface area contributed by atoms with E-state index in [4.69, 9.17) is 11.6 Å². The number of alkyl halides is 3. The van der Waals surface area contributed by atoms with Crippen molar-refractivity contribution in [3.63, 3.8) is 0 Å². The molecule has 1 aliphatic carbocycles. The second kappa shape index (κ2) is 10.0. The van der Waals surface area contributed by atoms with E-state index in [1.807, 2.05) is 47.5 Å². The standard InChI is InChI=1S/C26H26ClF3N2O/c27-22-7-4-6-19(16-22)17-31-15-5-10-24(31)18-32(23-8-2-1-3-9-23)25(33)20-11-13-21(14-12-20)26(28,29)30/h4-7,10-16,23H,1-3,8-9,17-18H2. The quantitative estimate of drug-likeness (QED) is 0.371. The summed E-state index contributed by atoms with van der Waals surface area (Å²) >= 11 is 6.13. The lowest BCUT2D eigenvalue weighted by atomic mass is 9.93. The first-order valence-electron chi connectivity index (χ1n) is 11.2. The van der Waals surface area contributed by atoms with Crippen molar-refractivity contribution in [1.82, 2.24) is 9.47 Å². The number of carbonyl (C=O) groups is 1. The zero-order valence-corrected chi connectivity index (χ0v) is 18.9. The Morgan fingerprint density at radius 2 is 1.73 bits per heavy atom. The van der Waals surface area contributed by atoms with Crippen molar-refractivity contribution in [2.75, 3.05) is 0 Å². The van der Waals surface area contributed by atoms with E-state index >= 15 is 0 Å². The van der Waals surface area contributed by atoms with Gasteiger partial charge in [-0.05, 0) is 66.9 Å². The molecule has 1 aliphatic rings. The fraction of sp³-hybridized carbons (Fsp3) is 0.346. The predicted molar refractivity (Wildman–Crippen MR) is 123 cm³/mol. The molecule has 0 N–H and O–H groups in total. The van der Waals surface area contributed by atoms with Crippen molar-refractivity contribution in [3.05, 3.63) is 94.3 Å². The highest BCUT2D eigenvalue weighted by Crippen LogP contribution is 2.30. The molecule has 0 radical (unpaired) electrons. The second-order valence-electron chi connectivity index (χ2n) is 8.56. The number of hydrogen-bond donors (Lipinski definition) is 0. The number of aromatic nitrogens is 1. The molecule has 1 aromatic heterocycles. The minimum atomic E-state index is -4.42.